The van der Waals surface area contributed by atoms with Crippen molar-refractivity contribution in [3.63, 3.8) is 0 Å². The van der Waals surface area contributed by atoms with Gasteiger partial charge in [-0.25, -0.2) is 19.3 Å². The van der Waals surface area contributed by atoms with Gasteiger partial charge in [0.25, 0.3) is 0 Å². The number of anilines is 1. The van der Waals surface area contributed by atoms with Crippen LogP contribution in [0.3, 0.4) is 0 Å². The number of nitrogens with two attached hydrogens (primary N) is 1. The van der Waals surface area contributed by atoms with Gasteiger partial charge in [0.15, 0.2) is 0 Å². The summed E-state index contributed by atoms with van der Waals surface area (Å²) in [4.78, 5) is 15.3. The van der Waals surface area contributed by atoms with E-state index < -0.39 is 0 Å². The van der Waals surface area contributed by atoms with Crippen LogP contribution in [0.15, 0.2) is 30.6 Å². The summed E-state index contributed by atoms with van der Waals surface area (Å²) in [6.45, 7) is 1.71. The monoisotopic (exact) mass is 390 g/mol. The van der Waals surface area contributed by atoms with E-state index in [9.17, 15) is 4.39 Å². The maximum absolute atomic E-state index is 13.9. The van der Waals surface area contributed by atoms with Crippen LogP contribution in [0.4, 0.5) is 10.3 Å². The van der Waals surface area contributed by atoms with E-state index in [0.29, 0.717) is 35.0 Å². The highest BCUT2D eigenvalue weighted by Gasteiger charge is 2.29. The number of imidazole rings is 1. The first kappa shape index (κ1) is 18.1. The quantitative estimate of drug-likeness (QED) is 0.735. The number of hydrogen-bond donors (Lipinski definition) is 1. The molecule has 27 heavy (non-hydrogen) atoms. The van der Waals surface area contributed by atoms with Crippen LogP contribution in [-0.4, -0.2) is 51.9 Å². The predicted octanol–water partition coefficient (Wildman–Crippen LogP) is 2.22. The summed E-state index contributed by atoms with van der Waals surface area (Å²) in [6.07, 6.45) is 3.91. The molecule has 7 nitrogen and oxygen atoms in total. The summed E-state index contributed by atoms with van der Waals surface area (Å²) in [5, 5.41) is 0.466. The number of ether oxygens (including phenoxy) is 1. The Morgan fingerprint density at radius 3 is 2.81 bits per heavy atom. The molecule has 1 aliphatic heterocycles. The van der Waals surface area contributed by atoms with E-state index in [1.54, 1.807) is 25.6 Å². The van der Waals surface area contributed by atoms with Crippen LogP contribution in [0.25, 0.3) is 11.0 Å². The zero-order valence-electron chi connectivity index (χ0n) is 14.8. The molecule has 0 aliphatic carbocycles. The first-order chi connectivity index (χ1) is 13.0. The Balaban J connectivity index is 1.74. The molecule has 1 fully saturated rings. The first-order valence-corrected chi connectivity index (χ1v) is 9.08. The fourth-order valence-corrected chi connectivity index (χ4v) is 3.57. The third kappa shape index (κ3) is 3.60. The predicted molar refractivity (Wildman–Crippen MR) is 101 cm³/mol. The zero-order valence-corrected chi connectivity index (χ0v) is 15.6. The van der Waals surface area contributed by atoms with Gasteiger partial charge in [0.2, 0.25) is 5.95 Å². The highest BCUT2D eigenvalue weighted by atomic mass is 35.5. The van der Waals surface area contributed by atoms with E-state index in [0.717, 1.165) is 18.9 Å². The Bertz CT molecular complexity index is 947. The van der Waals surface area contributed by atoms with Crippen molar-refractivity contribution in [1.82, 2.24) is 19.5 Å². The Morgan fingerprint density at radius 2 is 2.11 bits per heavy atom. The standard InChI is InChI=1S/C18H20ClFN6O/c1-27-16-4-5-25(9-13(16)21)18-24-14-3-2-12(20)6-15(14)26(18)10-17-22-7-11(19)8-23-17/h2-3,6-8,13,16H,4-5,9-10,21H2,1H3. The molecule has 0 saturated carbocycles. The number of methoxy groups -OCH3 is 1. The summed E-state index contributed by atoms with van der Waals surface area (Å²) in [7, 11) is 1.68. The molecule has 0 amide bonds. The van der Waals surface area contributed by atoms with Gasteiger partial charge >= 0.3 is 0 Å². The minimum absolute atomic E-state index is 0.0242. The molecule has 3 aromatic rings. The van der Waals surface area contributed by atoms with Gasteiger partial charge in [0.1, 0.15) is 11.6 Å². The molecule has 142 valence electrons. The molecule has 2 unspecified atom stereocenters. The lowest BCUT2D eigenvalue weighted by atomic mass is 10.0. The van der Waals surface area contributed by atoms with Crippen molar-refractivity contribution < 1.29 is 9.13 Å². The van der Waals surface area contributed by atoms with E-state index in [1.807, 2.05) is 4.57 Å². The molecule has 1 aromatic carbocycles. The average molecular weight is 391 g/mol. The van der Waals surface area contributed by atoms with E-state index in [-0.39, 0.29) is 18.0 Å². The van der Waals surface area contributed by atoms with Crippen molar-refractivity contribution in [3.8, 4) is 0 Å². The molecule has 3 heterocycles. The summed E-state index contributed by atoms with van der Waals surface area (Å²) in [5.74, 6) is 0.974. The van der Waals surface area contributed by atoms with Crippen molar-refractivity contribution in [2.24, 2.45) is 5.73 Å². The normalized spacial score (nSPS) is 20.4. The van der Waals surface area contributed by atoms with Crippen molar-refractivity contribution in [1.29, 1.82) is 0 Å². The number of fused-ring (bicyclic) bond motifs is 1. The van der Waals surface area contributed by atoms with Gasteiger partial charge in [0.05, 0.1) is 28.7 Å². The summed E-state index contributed by atoms with van der Waals surface area (Å²) < 4.78 is 21.2. The van der Waals surface area contributed by atoms with E-state index >= 15 is 0 Å². The summed E-state index contributed by atoms with van der Waals surface area (Å²) >= 11 is 5.88. The van der Waals surface area contributed by atoms with Crippen LogP contribution in [0.1, 0.15) is 12.2 Å². The second-order valence-electron chi connectivity index (χ2n) is 6.62. The molecular formula is C18H20ClFN6O. The molecule has 1 aliphatic rings. The second kappa shape index (κ2) is 7.38. The Hall–Kier alpha value is -2.29. The highest BCUT2D eigenvalue weighted by molar-refractivity contribution is 6.30. The van der Waals surface area contributed by atoms with Crippen LogP contribution in [0.5, 0.6) is 0 Å². The zero-order chi connectivity index (χ0) is 19.0. The van der Waals surface area contributed by atoms with Gasteiger partial charge in [-0.2, -0.15) is 0 Å². The number of benzene rings is 1. The average Bonchev–Trinajstić information content (AvgIpc) is 3.01. The molecule has 0 bridgehead atoms. The molecule has 1 saturated heterocycles. The third-order valence-electron chi connectivity index (χ3n) is 4.84. The van der Waals surface area contributed by atoms with Gasteiger partial charge < -0.3 is 19.9 Å². The van der Waals surface area contributed by atoms with Crippen molar-refractivity contribution in [2.75, 3.05) is 25.1 Å². The van der Waals surface area contributed by atoms with Crippen molar-refractivity contribution in [3.05, 3.63) is 47.3 Å². The van der Waals surface area contributed by atoms with E-state index in [1.165, 1.54) is 12.1 Å². The topological polar surface area (TPSA) is 82.1 Å². The van der Waals surface area contributed by atoms with Crippen LogP contribution >= 0.6 is 11.6 Å². The lowest BCUT2D eigenvalue weighted by Crippen LogP contribution is -2.52. The van der Waals surface area contributed by atoms with Crippen LogP contribution in [-0.2, 0) is 11.3 Å². The molecule has 4 rings (SSSR count). The number of halogens is 2. The number of piperidine rings is 1. The Morgan fingerprint density at radius 1 is 1.33 bits per heavy atom. The lowest BCUT2D eigenvalue weighted by molar-refractivity contribution is 0.0661. The maximum atomic E-state index is 13.9. The van der Waals surface area contributed by atoms with Crippen LogP contribution in [0, 0.1) is 5.82 Å². The SMILES string of the molecule is COC1CCN(c2nc3ccc(F)cc3n2Cc2ncc(Cl)cn2)CC1N. The summed E-state index contributed by atoms with van der Waals surface area (Å²) in [5.41, 5.74) is 7.65. The largest absolute Gasteiger partial charge is 0.380 e. The maximum Gasteiger partial charge on any atom is 0.207 e. The fourth-order valence-electron chi connectivity index (χ4n) is 3.48. The Labute approximate surface area is 160 Å². The molecule has 0 spiro atoms. The van der Waals surface area contributed by atoms with Gasteiger partial charge in [-0.1, -0.05) is 11.6 Å². The van der Waals surface area contributed by atoms with Gasteiger partial charge in [0, 0.05) is 38.6 Å². The van der Waals surface area contributed by atoms with Gasteiger partial charge in [-0.05, 0) is 24.6 Å². The Kier molecular flexibility index (Phi) is 4.94. The van der Waals surface area contributed by atoms with E-state index in [4.69, 9.17) is 27.1 Å². The van der Waals surface area contributed by atoms with Gasteiger partial charge in [-0.15, -0.1) is 0 Å². The van der Waals surface area contributed by atoms with E-state index in [2.05, 4.69) is 14.9 Å². The number of rotatable bonds is 4. The minimum atomic E-state index is -0.318. The second-order valence-corrected chi connectivity index (χ2v) is 7.06. The van der Waals surface area contributed by atoms with Crippen molar-refractivity contribution >= 4 is 28.6 Å². The first-order valence-electron chi connectivity index (χ1n) is 8.70. The molecular weight excluding hydrogens is 371 g/mol. The van der Waals surface area contributed by atoms with Crippen LogP contribution < -0.4 is 10.6 Å². The molecule has 2 atom stereocenters. The van der Waals surface area contributed by atoms with Crippen molar-refractivity contribution in [2.45, 2.75) is 25.1 Å². The highest BCUT2D eigenvalue weighted by Crippen LogP contribution is 2.27. The molecule has 9 heteroatoms. The number of hydrogen-bond acceptors (Lipinski definition) is 6. The lowest BCUT2D eigenvalue weighted by Gasteiger charge is -2.36. The molecule has 2 N–H and O–H groups in total. The molecule has 2 aromatic heterocycles. The molecule has 0 radical (unpaired) electrons. The number of aromatic nitrogens is 4. The summed E-state index contributed by atoms with van der Waals surface area (Å²) in [6, 6.07) is 4.43. The smallest absolute Gasteiger partial charge is 0.207 e. The third-order valence-corrected chi connectivity index (χ3v) is 5.04. The number of nitrogens with zero attached hydrogens (tertiary/aromatic N) is 5. The van der Waals surface area contributed by atoms with Gasteiger partial charge in [-0.3, -0.25) is 0 Å². The fraction of sp³-hybridized carbons (Fsp3) is 0.389. The minimum Gasteiger partial charge on any atom is -0.380 e. The van der Waals surface area contributed by atoms with Crippen LogP contribution in [0.2, 0.25) is 5.02 Å².